The number of methoxy groups -OCH3 is 1. The minimum atomic E-state index is -0.773. The third-order valence-electron chi connectivity index (χ3n) is 3.58. The Balaban J connectivity index is 2.40. The average Bonchev–Trinajstić information content (AvgIpc) is 2.61. The molecule has 0 atom stereocenters. The molecule has 8 nitrogen and oxygen atoms in total. The number of carbonyl (C=O) groups is 1. The van der Waals surface area contributed by atoms with E-state index in [9.17, 15) is 18.8 Å². The molecule has 0 unspecified atom stereocenters. The lowest BCUT2D eigenvalue weighted by Gasteiger charge is -2.10. The van der Waals surface area contributed by atoms with Gasteiger partial charge in [0.25, 0.3) is 5.56 Å². The zero-order valence-corrected chi connectivity index (χ0v) is 15.4. The molecule has 1 aromatic heterocycles. The lowest BCUT2D eigenvalue weighted by molar-refractivity contribution is 0.0860. The highest BCUT2D eigenvalue weighted by Crippen LogP contribution is 2.20. The summed E-state index contributed by atoms with van der Waals surface area (Å²) >= 11 is 0. The molecule has 27 heavy (non-hydrogen) atoms. The lowest BCUT2D eigenvalue weighted by Crippen LogP contribution is -2.34. The van der Waals surface area contributed by atoms with Crippen LogP contribution in [0.15, 0.2) is 39.1 Å². The number of rotatable bonds is 7. The fourth-order valence-electron chi connectivity index (χ4n) is 2.26. The van der Waals surface area contributed by atoms with E-state index in [2.05, 4.69) is 10.1 Å². The number of hydrogen-bond acceptors (Lipinski definition) is 6. The molecule has 0 saturated heterocycles. The van der Waals surface area contributed by atoms with Crippen LogP contribution in [0.25, 0.3) is 0 Å². The number of aromatic amines is 1. The molecular weight excluding hydrogens is 357 g/mol. The molecule has 0 bridgehead atoms. The number of ketones is 1. The van der Waals surface area contributed by atoms with Crippen LogP contribution in [-0.4, -0.2) is 34.3 Å². The number of benzene rings is 1. The van der Waals surface area contributed by atoms with Gasteiger partial charge in [-0.2, -0.15) is 0 Å². The zero-order chi connectivity index (χ0) is 20.1. The first-order valence-electron chi connectivity index (χ1n) is 8.14. The number of H-pyrrole nitrogens is 1. The highest BCUT2D eigenvalue weighted by molar-refractivity contribution is 5.99. The molecule has 0 amide bonds. The minimum absolute atomic E-state index is 0.00863. The topological polar surface area (TPSA) is 103 Å². The van der Waals surface area contributed by atoms with Crippen LogP contribution in [0.5, 0.6) is 5.75 Å². The van der Waals surface area contributed by atoms with Crippen LogP contribution < -0.4 is 16.0 Å². The number of nitrogens with zero attached hydrogens (tertiary/aromatic N) is 2. The van der Waals surface area contributed by atoms with Crippen LogP contribution in [0.2, 0.25) is 0 Å². The monoisotopic (exact) mass is 377 g/mol. The van der Waals surface area contributed by atoms with E-state index >= 15 is 0 Å². The molecule has 144 valence electrons. The van der Waals surface area contributed by atoms with Crippen LogP contribution in [0, 0.1) is 5.82 Å². The SMILES string of the molecule is COc1ccc(F)cc1C(=O)Cn1cc(/C(C)=N/OC(C)C)c(=O)[nH]c1=O. The average molecular weight is 377 g/mol. The van der Waals surface area contributed by atoms with Gasteiger partial charge < -0.3 is 9.57 Å². The van der Waals surface area contributed by atoms with Crippen molar-refractivity contribution in [3.63, 3.8) is 0 Å². The van der Waals surface area contributed by atoms with Crippen molar-refractivity contribution in [3.8, 4) is 5.75 Å². The van der Waals surface area contributed by atoms with E-state index in [4.69, 9.17) is 9.57 Å². The largest absolute Gasteiger partial charge is 0.496 e. The van der Waals surface area contributed by atoms with Crippen LogP contribution in [-0.2, 0) is 11.4 Å². The second kappa shape index (κ2) is 8.43. The van der Waals surface area contributed by atoms with Gasteiger partial charge in [0, 0.05) is 6.20 Å². The Morgan fingerprint density at radius 3 is 2.63 bits per heavy atom. The second-order valence-corrected chi connectivity index (χ2v) is 6.03. The zero-order valence-electron chi connectivity index (χ0n) is 15.4. The number of nitrogens with one attached hydrogen (secondary N) is 1. The van der Waals surface area contributed by atoms with Crippen molar-refractivity contribution in [2.75, 3.05) is 7.11 Å². The van der Waals surface area contributed by atoms with E-state index in [1.54, 1.807) is 20.8 Å². The maximum Gasteiger partial charge on any atom is 0.328 e. The van der Waals surface area contributed by atoms with E-state index < -0.39 is 29.4 Å². The van der Waals surface area contributed by atoms with Crippen LogP contribution in [0.3, 0.4) is 0 Å². The third kappa shape index (κ3) is 4.90. The van der Waals surface area contributed by atoms with Gasteiger partial charge in [-0.3, -0.25) is 19.1 Å². The first kappa shape index (κ1) is 20.1. The van der Waals surface area contributed by atoms with Crippen LogP contribution in [0.1, 0.15) is 36.7 Å². The Morgan fingerprint density at radius 1 is 1.30 bits per heavy atom. The number of oxime groups is 1. The normalized spacial score (nSPS) is 11.6. The van der Waals surface area contributed by atoms with Crippen molar-refractivity contribution < 1.29 is 18.8 Å². The predicted octanol–water partition coefficient (Wildman–Crippen LogP) is 1.72. The summed E-state index contributed by atoms with van der Waals surface area (Å²) < 4.78 is 19.5. The van der Waals surface area contributed by atoms with Crippen molar-refractivity contribution >= 4 is 11.5 Å². The summed E-state index contributed by atoms with van der Waals surface area (Å²) in [6.45, 7) is 4.67. The molecule has 1 heterocycles. The number of carbonyl (C=O) groups excluding carboxylic acids is 1. The highest BCUT2D eigenvalue weighted by Gasteiger charge is 2.16. The Hall–Kier alpha value is -3.23. The van der Waals surface area contributed by atoms with Crippen molar-refractivity contribution in [3.05, 3.63) is 62.2 Å². The summed E-state index contributed by atoms with van der Waals surface area (Å²) in [6, 6.07) is 3.51. The molecule has 0 aliphatic rings. The fourth-order valence-corrected chi connectivity index (χ4v) is 2.26. The molecular formula is C18H20FN3O5. The van der Waals surface area contributed by atoms with Gasteiger partial charge in [-0.15, -0.1) is 0 Å². The fraction of sp³-hybridized carbons (Fsp3) is 0.333. The van der Waals surface area contributed by atoms with Gasteiger partial charge in [0.1, 0.15) is 17.7 Å². The molecule has 2 rings (SSSR count). The van der Waals surface area contributed by atoms with Crippen molar-refractivity contribution in [2.45, 2.75) is 33.4 Å². The molecule has 0 saturated carbocycles. The Labute approximate surface area is 154 Å². The summed E-state index contributed by atoms with van der Waals surface area (Å²) in [5, 5.41) is 3.83. The van der Waals surface area contributed by atoms with Gasteiger partial charge in [0.2, 0.25) is 0 Å². The molecule has 0 radical (unpaired) electrons. The Kier molecular flexibility index (Phi) is 6.27. The third-order valence-corrected chi connectivity index (χ3v) is 3.58. The summed E-state index contributed by atoms with van der Waals surface area (Å²) in [7, 11) is 1.35. The molecule has 0 aliphatic heterocycles. The molecule has 9 heteroatoms. The highest BCUT2D eigenvalue weighted by atomic mass is 19.1. The van der Waals surface area contributed by atoms with Gasteiger partial charge in [0.05, 0.1) is 30.5 Å². The molecule has 0 aliphatic carbocycles. The Morgan fingerprint density at radius 2 is 2.00 bits per heavy atom. The van der Waals surface area contributed by atoms with E-state index in [0.717, 1.165) is 16.7 Å². The number of halogens is 1. The van der Waals surface area contributed by atoms with Gasteiger partial charge in [0.15, 0.2) is 5.78 Å². The van der Waals surface area contributed by atoms with Gasteiger partial charge in [-0.05, 0) is 39.0 Å². The van der Waals surface area contributed by atoms with Crippen molar-refractivity contribution in [1.29, 1.82) is 0 Å². The van der Waals surface area contributed by atoms with E-state index in [1.807, 2.05) is 0 Å². The number of hydrogen-bond donors (Lipinski definition) is 1. The minimum Gasteiger partial charge on any atom is -0.496 e. The quantitative estimate of drug-likeness (QED) is 0.450. The van der Waals surface area contributed by atoms with Crippen LogP contribution in [0.4, 0.5) is 4.39 Å². The van der Waals surface area contributed by atoms with Crippen LogP contribution >= 0.6 is 0 Å². The van der Waals surface area contributed by atoms with Gasteiger partial charge >= 0.3 is 5.69 Å². The van der Waals surface area contributed by atoms with Crippen molar-refractivity contribution in [1.82, 2.24) is 9.55 Å². The smallest absolute Gasteiger partial charge is 0.328 e. The molecule has 1 aromatic carbocycles. The Bertz CT molecular complexity index is 991. The first-order valence-corrected chi connectivity index (χ1v) is 8.14. The maximum atomic E-state index is 13.5. The van der Waals surface area contributed by atoms with E-state index in [0.29, 0.717) is 0 Å². The lowest BCUT2D eigenvalue weighted by atomic mass is 10.1. The summed E-state index contributed by atoms with van der Waals surface area (Å²) in [4.78, 5) is 43.8. The molecule has 0 spiro atoms. The van der Waals surface area contributed by atoms with Gasteiger partial charge in [-0.1, -0.05) is 5.16 Å². The second-order valence-electron chi connectivity index (χ2n) is 6.03. The first-order chi connectivity index (χ1) is 12.7. The number of Topliss-reactive ketones (excluding diaryl/α,β-unsaturated/α-hetero) is 1. The summed E-state index contributed by atoms with van der Waals surface area (Å²) in [5.74, 6) is -0.982. The number of ether oxygens (including phenoxy) is 1. The molecule has 1 N–H and O–H groups in total. The standard InChI is InChI=1S/C18H20FN3O5/c1-10(2)27-21-11(3)14-8-22(18(25)20-17(14)24)9-15(23)13-7-12(19)5-6-16(13)26-4/h5-8,10H,9H2,1-4H3,(H,20,24,25)/b21-11+. The molecule has 2 aromatic rings. The number of aromatic nitrogens is 2. The maximum absolute atomic E-state index is 13.5. The van der Waals surface area contributed by atoms with Crippen molar-refractivity contribution in [2.24, 2.45) is 5.16 Å². The van der Waals surface area contributed by atoms with E-state index in [1.165, 1.54) is 19.4 Å². The van der Waals surface area contributed by atoms with E-state index in [-0.39, 0.29) is 28.7 Å². The summed E-state index contributed by atoms with van der Waals surface area (Å²) in [6.07, 6.45) is 1.03. The summed E-state index contributed by atoms with van der Waals surface area (Å²) in [5.41, 5.74) is -1.11. The molecule has 0 fully saturated rings. The van der Waals surface area contributed by atoms with Gasteiger partial charge in [-0.25, -0.2) is 9.18 Å². The predicted molar refractivity (Wildman–Crippen MR) is 97.0 cm³/mol.